The van der Waals surface area contributed by atoms with Crippen LogP contribution in [0.1, 0.15) is 59.5 Å². The standard InChI is InChI=1S/C34H31O2/c1-35-29-20-18-25(19-21-29)23-28-15-9-17-31-32(26-12-6-3-7-13-26)30-16-8-14-27(33(30)36-34(28)31)22-24-10-4-2-5-11-24/h2-7,10-13,18-23H,8-9,14-17H2,1H3/q+1/b27-22+,28-23+. The normalized spacial score (nSPS) is 17.0. The van der Waals surface area contributed by atoms with E-state index in [4.69, 9.17) is 9.15 Å². The number of rotatable bonds is 4. The lowest BCUT2D eigenvalue weighted by atomic mass is 9.80. The monoisotopic (exact) mass is 471 g/mol. The summed E-state index contributed by atoms with van der Waals surface area (Å²) in [6.45, 7) is 0. The van der Waals surface area contributed by atoms with Crippen molar-refractivity contribution in [1.29, 1.82) is 0 Å². The smallest absolute Gasteiger partial charge is 0.360 e. The van der Waals surface area contributed by atoms with Crippen LogP contribution in [0.5, 0.6) is 5.75 Å². The van der Waals surface area contributed by atoms with Gasteiger partial charge in [-0.2, -0.15) is 0 Å². The molecule has 1 heterocycles. The molecule has 2 heteroatoms. The van der Waals surface area contributed by atoms with Crippen molar-refractivity contribution in [3.63, 3.8) is 0 Å². The molecule has 2 aliphatic rings. The number of methoxy groups -OCH3 is 1. The summed E-state index contributed by atoms with van der Waals surface area (Å²) in [4.78, 5) is 0. The average Bonchev–Trinajstić information content (AvgIpc) is 2.94. The molecule has 0 spiro atoms. The second-order valence-corrected chi connectivity index (χ2v) is 9.69. The van der Waals surface area contributed by atoms with Gasteiger partial charge >= 0.3 is 11.5 Å². The van der Waals surface area contributed by atoms with Gasteiger partial charge in [-0.25, -0.2) is 4.42 Å². The highest BCUT2D eigenvalue weighted by molar-refractivity contribution is 5.90. The number of fused-ring (bicyclic) bond motifs is 2. The van der Waals surface area contributed by atoms with Crippen molar-refractivity contribution >= 4 is 23.3 Å². The van der Waals surface area contributed by atoms with Gasteiger partial charge in [-0.3, -0.25) is 0 Å². The number of benzene rings is 3. The van der Waals surface area contributed by atoms with Crippen molar-refractivity contribution in [3.8, 4) is 16.9 Å². The van der Waals surface area contributed by atoms with Crippen molar-refractivity contribution in [1.82, 2.24) is 0 Å². The van der Waals surface area contributed by atoms with Crippen molar-refractivity contribution in [2.75, 3.05) is 7.11 Å². The van der Waals surface area contributed by atoms with E-state index in [1.807, 2.05) is 12.1 Å². The Bertz CT molecular complexity index is 1430. The molecule has 0 saturated heterocycles. The Morgan fingerprint density at radius 1 is 0.611 bits per heavy atom. The number of ether oxygens (including phenoxy) is 1. The Morgan fingerprint density at radius 3 is 1.69 bits per heavy atom. The van der Waals surface area contributed by atoms with Crippen LogP contribution in [0.3, 0.4) is 0 Å². The summed E-state index contributed by atoms with van der Waals surface area (Å²) in [5.41, 5.74) is 10.4. The largest absolute Gasteiger partial charge is 0.497 e. The zero-order chi connectivity index (χ0) is 24.3. The van der Waals surface area contributed by atoms with Gasteiger partial charge in [0.05, 0.1) is 29.4 Å². The molecule has 0 unspecified atom stereocenters. The van der Waals surface area contributed by atoms with Gasteiger partial charge in [0, 0.05) is 5.56 Å². The molecule has 0 atom stereocenters. The molecule has 0 N–H and O–H groups in total. The summed E-state index contributed by atoms with van der Waals surface area (Å²) in [5, 5.41) is 0. The van der Waals surface area contributed by atoms with E-state index in [2.05, 4.69) is 84.9 Å². The van der Waals surface area contributed by atoms with Crippen LogP contribution in [0.2, 0.25) is 0 Å². The van der Waals surface area contributed by atoms with E-state index >= 15 is 0 Å². The lowest BCUT2D eigenvalue weighted by Crippen LogP contribution is -2.12. The van der Waals surface area contributed by atoms with E-state index in [0.717, 1.165) is 55.8 Å². The van der Waals surface area contributed by atoms with Crippen LogP contribution in [0.25, 0.3) is 34.4 Å². The van der Waals surface area contributed by atoms with Gasteiger partial charge in [-0.05, 0) is 79.5 Å². The predicted molar refractivity (Wildman–Crippen MR) is 150 cm³/mol. The molecule has 0 aliphatic heterocycles. The van der Waals surface area contributed by atoms with E-state index in [-0.39, 0.29) is 0 Å². The second-order valence-electron chi connectivity index (χ2n) is 9.69. The minimum absolute atomic E-state index is 0.877. The molecule has 0 bridgehead atoms. The fraction of sp³-hybridized carbons (Fsp3) is 0.206. The van der Waals surface area contributed by atoms with Crippen LogP contribution in [0.4, 0.5) is 0 Å². The summed E-state index contributed by atoms with van der Waals surface area (Å²) in [6, 6.07) is 29.8. The van der Waals surface area contributed by atoms with Crippen LogP contribution < -0.4 is 4.74 Å². The highest BCUT2D eigenvalue weighted by Gasteiger charge is 2.37. The van der Waals surface area contributed by atoms with Crippen molar-refractivity contribution < 1.29 is 9.15 Å². The van der Waals surface area contributed by atoms with Gasteiger partial charge in [-0.15, -0.1) is 0 Å². The van der Waals surface area contributed by atoms with Gasteiger partial charge in [0.15, 0.2) is 0 Å². The minimum atomic E-state index is 0.877. The maximum atomic E-state index is 6.94. The number of allylic oxidation sites excluding steroid dienone is 2. The van der Waals surface area contributed by atoms with Crippen LogP contribution >= 0.6 is 0 Å². The first kappa shape index (κ1) is 22.5. The molecule has 0 saturated carbocycles. The highest BCUT2D eigenvalue weighted by Crippen LogP contribution is 2.46. The molecule has 0 radical (unpaired) electrons. The summed E-state index contributed by atoms with van der Waals surface area (Å²) in [7, 11) is 1.71. The Labute approximate surface area is 213 Å². The third kappa shape index (κ3) is 4.40. The van der Waals surface area contributed by atoms with E-state index in [1.54, 1.807) is 7.11 Å². The second kappa shape index (κ2) is 9.99. The van der Waals surface area contributed by atoms with Gasteiger partial charge in [0.1, 0.15) is 5.75 Å². The quantitative estimate of drug-likeness (QED) is 0.277. The Hall–Kier alpha value is -3.91. The van der Waals surface area contributed by atoms with E-state index < -0.39 is 0 Å². The van der Waals surface area contributed by atoms with Gasteiger partial charge in [-0.1, -0.05) is 72.8 Å². The lowest BCUT2D eigenvalue weighted by Gasteiger charge is -2.22. The maximum absolute atomic E-state index is 6.94. The van der Waals surface area contributed by atoms with Gasteiger partial charge in [0.2, 0.25) is 0 Å². The molecule has 2 nitrogen and oxygen atoms in total. The molecule has 0 fully saturated rings. The molecule has 178 valence electrons. The molecule has 6 rings (SSSR count). The van der Waals surface area contributed by atoms with Crippen molar-refractivity contribution in [2.24, 2.45) is 0 Å². The van der Waals surface area contributed by atoms with Crippen LogP contribution in [-0.2, 0) is 12.8 Å². The molecule has 36 heavy (non-hydrogen) atoms. The molecular weight excluding hydrogens is 440 g/mol. The Kier molecular flexibility index (Phi) is 6.26. The summed E-state index contributed by atoms with van der Waals surface area (Å²) in [6.07, 6.45) is 11.1. The first-order chi connectivity index (χ1) is 17.8. The van der Waals surface area contributed by atoms with Gasteiger partial charge < -0.3 is 4.74 Å². The summed E-state index contributed by atoms with van der Waals surface area (Å²) in [5.74, 6) is 3.02. The zero-order valence-corrected chi connectivity index (χ0v) is 20.8. The number of hydrogen-bond acceptors (Lipinski definition) is 1. The number of hydrogen-bond donors (Lipinski definition) is 0. The van der Waals surface area contributed by atoms with E-state index in [0.29, 0.717) is 0 Å². The predicted octanol–water partition coefficient (Wildman–Crippen LogP) is 8.99. The third-order valence-corrected chi connectivity index (χ3v) is 7.34. The minimum Gasteiger partial charge on any atom is -0.497 e. The van der Waals surface area contributed by atoms with Crippen molar-refractivity contribution in [2.45, 2.75) is 38.5 Å². The van der Waals surface area contributed by atoms with Crippen molar-refractivity contribution in [3.05, 3.63) is 119 Å². The third-order valence-electron chi connectivity index (χ3n) is 7.34. The molecule has 1 aromatic heterocycles. The average molecular weight is 472 g/mol. The molecule has 2 aliphatic carbocycles. The van der Waals surface area contributed by atoms with E-state index in [9.17, 15) is 0 Å². The van der Waals surface area contributed by atoms with E-state index in [1.165, 1.54) is 44.5 Å². The topological polar surface area (TPSA) is 20.5 Å². The Morgan fingerprint density at radius 2 is 1.14 bits per heavy atom. The molecule has 0 amide bonds. The first-order valence-electron chi connectivity index (χ1n) is 13.0. The van der Waals surface area contributed by atoms with Crippen LogP contribution in [0.15, 0.2) is 89.3 Å². The van der Waals surface area contributed by atoms with Gasteiger partial charge in [0.25, 0.3) is 0 Å². The zero-order valence-electron chi connectivity index (χ0n) is 20.8. The fourth-order valence-electron chi connectivity index (χ4n) is 5.65. The van der Waals surface area contributed by atoms with Crippen LogP contribution in [0, 0.1) is 0 Å². The molecule has 3 aromatic carbocycles. The molecule has 4 aromatic rings. The van der Waals surface area contributed by atoms with Crippen LogP contribution in [-0.4, -0.2) is 7.11 Å². The highest BCUT2D eigenvalue weighted by atomic mass is 16.5. The first-order valence-corrected chi connectivity index (χ1v) is 13.0. The SMILES string of the molecule is COc1ccc(/C=C2\CCCc3c2[o+]c2c(c3-c3ccccc3)CCC/C2=C\c2ccccc2)cc1. The molecular formula is C34H31O2+. The fourth-order valence-corrected chi connectivity index (χ4v) is 5.65. The maximum Gasteiger partial charge on any atom is 0.360 e. The summed E-state index contributed by atoms with van der Waals surface area (Å²) < 4.78 is 12.3. The summed E-state index contributed by atoms with van der Waals surface area (Å²) >= 11 is 0. The lowest BCUT2D eigenvalue weighted by molar-refractivity contribution is 0.415. The Balaban J connectivity index is 1.56.